The average Bonchev–Trinajstić information content (AvgIpc) is 2.93. The van der Waals surface area contributed by atoms with Crippen molar-refractivity contribution in [1.82, 2.24) is 15.0 Å². The number of benzene rings is 2. The number of carbonyl (C=O) groups excluding carboxylic acids is 1. The molecule has 2 aromatic carbocycles. The number of fused-ring (bicyclic) bond motifs is 1. The van der Waals surface area contributed by atoms with E-state index < -0.39 is 0 Å². The van der Waals surface area contributed by atoms with E-state index in [4.69, 9.17) is 0 Å². The van der Waals surface area contributed by atoms with Gasteiger partial charge in [0.2, 0.25) is 0 Å². The largest absolute Gasteiger partial charge is 0.285 e. The van der Waals surface area contributed by atoms with E-state index in [2.05, 4.69) is 26.2 Å². The Morgan fingerprint density at radius 1 is 1.24 bits per heavy atom. The lowest BCUT2D eigenvalue weighted by atomic mass is 10.1. The van der Waals surface area contributed by atoms with Crippen molar-refractivity contribution in [3.63, 3.8) is 0 Å². The van der Waals surface area contributed by atoms with Crippen LogP contribution in [0.1, 0.15) is 20.9 Å². The fourth-order valence-electron chi connectivity index (χ4n) is 1.94. The second kappa shape index (κ2) is 5.80. The number of amides is 1. The van der Waals surface area contributed by atoms with Crippen LogP contribution < -0.4 is 5.43 Å². The van der Waals surface area contributed by atoms with Crippen molar-refractivity contribution in [2.45, 2.75) is 6.92 Å². The molecular formula is C15H12N4OS. The minimum atomic E-state index is -0.292. The first-order valence-corrected chi connectivity index (χ1v) is 7.12. The number of hydrogen-bond acceptors (Lipinski definition) is 5. The highest BCUT2D eigenvalue weighted by atomic mass is 32.1. The van der Waals surface area contributed by atoms with Gasteiger partial charge in [0.05, 0.1) is 11.9 Å². The highest BCUT2D eigenvalue weighted by Gasteiger charge is 2.11. The molecule has 6 heteroatoms. The van der Waals surface area contributed by atoms with Crippen LogP contribution in [0.15, 0.2) is 47.6 Å². The summed E-state index contributed by atoms with van der Waals surface area (Å²) in [4.78, 5) is 12.3. The standard InChI is InChI=1S/C15H12N4OS/c1-10-14(21-19-17-10)15(20)18-16-9-11-6-7-12-4-2-3-5-13(12)8-11/h2-9H,1H3,(H,18,20)/b16-9+. The van der Waals surface area contributed by atoms with Crippen molar-refractivity contribution >= 4 is 34.4 Å². The van der Waals surface area contributed by atoms with E-state index in [9.17, 15) is 4.79 Å². The van der Waals surface area contributed by atoms with Crippen LogP contribution in [0.25, 0.3) is 10.8 Å². The van der Waals surface area contributed by atoms with E-state index in [0.29, 0.717) is 10.6 Å². The van der Waals surface area contributed by atoms with Gasteiger partial charge in [0.25, 0.3) is 5.91 Å². The fraction of sp³-hybridized carbons (Fsp3) is 0.0667. The maximum atomic E-state index is 11.8. The first kappa shape index (κ1) is 13.4. The molecule has 21 heavy (non-hydrogen) atoms. The van der Waals surface area contributed by atoms with Crippen molar-refractivity contribution in [2.75, 3.05) is 0 Å². The Kier molecular flexibility index (Phi) is 3.70. The molecule has 0 aliphatic carbocycles. The van der Waals surface area contributed by atoms with Gasteiger partial charge < -0.3 is 0 Å². The third-order valence-corrected chi connectivity index (χ3v) is 3.84. The summed E-state index contributed by atoms with van der Waals surface area (Å²) in [7, 11) is 0. The Morgan fingerprint density at radius 3 is 2.81 bits per heavy atom. The van der Waals surface area contributed by atoms with Gasteiger partial charge in [-0.1, -0.05) is 40.9 Å². The van der Waals surface area contributed by atoms with E-state index in [-0.39, 0.29) is 5.91 Å². The molecule has 5 nitrogen and oxygen atoms in total. The fourth-order valence-corrected chi connectivity index (χ4v) is 2.49. The minimum absolute atomic E-state index is 0.292. The van der Waals surface area contributed by atoms with Crippen LogP contribution in [-0.4, -0.2) is 21.7 Å². The number of aromatic nitrogens is 2. The Labute approximate surface area is 125 Å². The van der Waals surface area contributed by atoms with E-state index in [1.807, 2.05) is 36.4 Å². The monoisotopic (exact) mass is 296 g/mol. The van der Waals surface area contributed by atoms with Gasteiger partial charge in [-0.05, 0) is 40.9 Å². The normalized spacial score (nSPS) is 11.1. The summed E-state index contributed by atoms with van der Waals surface area (Å²) in [5, 5.41) is 10.1. The molecule has 0 bridgehead atoms. The molecule has 0 saturated heterocycles. The van der Waals surface area contributed by atoms with Crippen LogP contribution in [0.4, 0.5) is 0 Å². The number of nitrogens with zero attached hydrogens (tertiary/aromatic N) is 3. The third kappa shape index (κ3) is 2.95. The lowest BCUT2D eigenvalue weighted by Gasteiger charge is -1.99. The number of carbonyl (C=O) groups is 1. The molecule has 0 fully saturated rings. The van der Waals surface area contributed by atoms with Gasteiger partial charge in [-0.3, -0.25) is 4.79 Å². The molecule has 1 amide bonds. The second-order valence-corrected chi connectivity index (χ2v) is 5.25. The number of aryl methyl sites for hydroxylation is 1. The van der Waals surface area contributed by atoms with E-state index >= 15 is 0 Å². The van der Waals surface area contributed by atoms with Crippen LogP contribution >= 0.6 is 11.5 Å². The van der Waals surface area contributed by atoms with Crippen molar-refractivity contribution in [1.29, 1.82) is 0 Å². The Morgan fingerprint density at radius 2 is 2.05 bits per heavy atom. The molecule has 0 atom stereocenters. The van der Waals surface area contributed by atoms with Gasteiger partial charge in [-0.25, -0.2) is 5.43 Å². The van der Waals surface area contributed by atoms with Gasteiger partial charge in [0.15, 0.2) is 0 Å². The second-order valence-electron chi connectivity index (χ2n) is 4.49. The molecule has 1 N–H and O–H groups in total. The molecule has 3 rings (SSSR count). The summed E-state index contributed by atoms with van der Waals surface area (Å²) in [6, 6.07) is 14.1. The first-order valence-electron chi connectivity index (χ1n) is 6.35. The van der Waals surface area contributed by atoms with Crippen LogP contribution in [-0.2, 0) is 0 Å². The summed E-state index contributed by atoms with van der Waals surface area (Å²) < 4.78 is 3.72. The number of hydrogen-bond donors (Lipinski definition) is 1. The molecule has 0 unspecified atom stereocenters. The summed E-state index contributed by atoms with van der Waals surface area (Å²) in [6.45, 7) is 1.74. The smallest absolute Gasteiger partial charge is 0.266 e. The highest BCUT2D eigenvalue weighted by molar-refractivity contribution is 7.07. The number of rotatable bonds is 3. The predicted octanol–water partition coefficient (Wildman–Crippen LogP) is 2.76. The maximum Gasteiger partial charge on any atom is 0.285 e. The molecule has 0 spiro atoms. The lowest BCUT2D eigenvalue weighted by Crippen LogP contribution is -2.17. The maximum absolute atomic E-state index is 11.8. The van der Waals surface area contributed by atoms with Gasteiger partial charge in [0, 0.05) is 0 Å². The Hall–Kier alpha value is -2.60. The van der Waals surface area contributed by atoms with Crippen molar-refractivity contribution in [3.05, 3.63) is 58.6 Å². The number of nitrogens with one attached hydrogen (secondary N) is 1. The van der Waals surface area contributed by atoms with E-state index in [0.717, 1.165) is 22.5 Å². The molecule has 0 aliphatic rings. The highest BCUT2D eigenvalue weighted by Crippen LogP contribution is 2.14. The quantitative estimate of drug-likeness (QED) is 0.597. The Balaban J connectivity index is 1.73. The SMILES string of the molecule is Cc1nnsc1C(=O)N/N=C/c1ccc2ccccc2c1. The van der Waals surface area contributed by atoms with Gasteiger partial charge in [-0.15, -0.1) is 5.10 Å². The molecule has 0 aliphatic heterocycles. The molecule has 3 aromatic rings. The molecule has 0 radical (unpaired) electrons. The molecule has 104 valence electrons. The number of hydrazone groups is 1. The topological polar surface area (TPSA) is 67.2 Å². The van der Waals surface area contributed by atoms with Gasteiger partial charge >= 0.3 is 0 Å². The van der Waals surface area contributed by atoms with Crippen molar-refractivity contribution < 1.29 is 4.79 Å². The van der Waals surface area contributed by atoms with Gasteiger partial charge in [0.1, 0.15) is 4.88 Å². The predicted molar refractivity (Wildman–Crippen MR) is 83.7 cm³/mol. The molecule has 1 heterocycles. The van der Waals surface area contributed by atoms with Gasteiger partial charge in [-0.2, -0.15) is 5.10 Å². The zero-order valence-corrected chi connectivity index (χ0v) is 12.1. The van der Waals surface area contributed by atoms with Crippen molar-refractivity contribution in [3.8, 4) is 0 Å². The van der Waals surface area contributed by atoms with Crippen LogP contribution in [0.3, 0.4) is 0 Å². The van der Waals surface area contributed by atoms with Crippen LogP contribution in [0, 0.1) is 6.92 Å². The van der Waals surface area contributed by atoms with Crippen molar-refractivity contribution in [2.24, 2.45) is 5.10 Å². The summed E-state index contributed by atoms with van der Waals surface area (Å²) in [6.07, 6.45) is 1.62. The summed E-state index contributed by atoms with van der Waals surface area (Å²) >= 11 is 1.06. The molecule has 1 aromatic heterocycles. The van der Waals surface area contributed by atoms with E-state index in [1.54, 1.807) is 13.1 Å². The van der Waals surface area contributed by atoms with Crippen LogP contribution in [0.5, 0.6) is 0 Å². The third-order valence-electron chi connectivity index (χ3n) is 3.01. The zero-order chi connectivity index (χ0) is 14.7. The van der Waals surface area contributed by atoms with E-state index in [1.165, 1.54) is 5.39 Å². The summed E-state index contributed by atoms with van der Waals surface area (Å²) in [5.41, 5.74) is 4.02. The average molecular weight is 296 g/mol. The Bertz CT molecular complexity index is 825. The molecular weight excluding hydrogens is 284 g/mol. The zero-order valence-electron chi connectivity index (χ0n) is 11.3. The first-order chi connectivity index (χ1) is 10.2. The lowest BCUT2D eigenvalue weighted by molar-refractivity contribution is 0.0958. The summed E-state index contributed by atoms with van der Waals surface area (Å²) in [5.74, 6) is -0.292. The van der Waals surface area contributed by atoms with Crippen LogP contribution in [0.2, 0.25) is 0 Å². The minimum Gasteiger partial charge on any atom is -0.266 e. The molecule has 0 saturated carbocycles.